The molecule has 142 valence electrons. The zero-order chi connectivity index (χ0) is 19.4. The molecule has 0 spiro atoms. The second-order valence-corrected chi connectivity index (χ2v) is 8.32. The molecule has 1 heterocycles. The maximum Gasteiger partial charge on any atom is 0.339 e. The fraction of sp³-hybridized carbons (Fsp3) is 0.364. The van der Waals surface area contributed by atoms with Crippen molar-refractivity contribution in [3.8, 4) is 0 Å². The highest BCUT2D eigenvalue weighted by atomic mass is 32.1. The molecule has 27 heavy (non-hydrogen) atoms. The van der Waals surface area contributed by atoms with Gasteiger partial charge in [0.2, 0.25) is 5.91 Å². The minimum absolute atomic E-state index is 0.278. The summed E-state index contributed by atoms with van der Waals surface area (Å²) in [4.78, 5) is 25.2. The number of carboxylic acids is 1. The summed E-state index contributed by atoms with van der Waals surface area (Å²) in [6.45, 7) is 4.28. The number of carbonyl (C=O) groups excluding carboxylic acids is 1. The number of thiophene rings is 1. The smallest absolute Gasteiger partial charge is 0.339 e. The monoisotopic (exact) mass is 383 g/mol. The number of fused-ring (bicyclic) bond motifs is 1. The number of rotatable bonds is 5. The quantitative estimate of drug-likeness (QED) is 0.530. The molecule has 0 fully saturated rings. The lowest BCUT2D eigenvalue weighted by molar-refractivity contribution is -0.111. The van der Waals surface area contributed by atoms with E-state index in [2.05, 4.69) is 31.3 Å². The molecular formula is C22H25NO3S. The number of aromatic carboxylic acids is 1. The average Bonchev–Trinajstić information content (AvgIpc) is 2.81. The average molecular weight is 384 g/mol. The highest BCUT2D eigenvalue weighted by Crippen LogP contribution is 2.37. The molecule has 0 unspecified atom stereocenters. The Morgan fingerprint density at radius 2 is 1.81 bits per heavy atom. The molecule has 1 aliphatic carbocycles. The van der Waals surface area contributed by atoms with Crippen molar-refractivity contribution in [2.24, 2.45) is 0 Å². The Labute approximate surface area is 163 Å². The van der Waals surface area contributed by atoms with Crippen molar-refractivity contribution in [1.29, 1.82) is 0 Å². The van der Waals surface area contributed by atoms with E-state index in [4.69, 9.17) is 0 Å². The molecule has 0 saturated carbocycles. The summed E-state index contributed by atoms with van der Waals surface area (Å²) < 4.78 is 0. The van der Waals surface area contributed by atoms with Gasteiger partial charge in [0.1, 0.15) is 5.00 Å². The van der Waals surface area contributed by atoms with Crippen LogP contribution in [0.15, 0.2) is 30.3 Å². The first-order chi connectivity index (χ1) is 13.0. The molecule has 1 aliphatic rings. The number of nitrogens with one attached hydrogen (secondary N) is 1. The molecule has 5 heteroatoms. The predicted octanol–water partition coefficient (Wildman–Crippen LogP) is 5.49. The summed E-state index contributed by atoms with van der Waals surface area (Å²) in [6.07, 6.45) is 8.09. The second kappa shape index (κ2) is 8.53. The third-order valence-electron chi connectivity index (χ3n) is 4.90. The fourth-order valence-electron chi connectivity index (χ4n) is 3.37. The van der Waals surface area contributed by atoms with Crippen LogP contribution in [-0.4, -0.2) is 17.0 Å². The van der Waals surface area contributed by atoms with Gasteiger partial charge in [-0.2, -0.15) is 0 Å². The van der Waals surface area contributed by atoms with Crippen LogP contribution in [0.2, 0.25) is 0 Å². The minimum Gasteiger partial charge on any atom is -0.478 e. The third-order valence-corrected chi connectivity index (χ3v) is 6.11. The Balaban J connectivity index is 1.75. The molecule has 0 bridgehead atoms. The van der Waals surface area contributed by atoms with Gasteiger partial charge in [0.15, 0.2) is 0 Å². The van der Waals surface area contributed by atoms with Crippen LogP contribution in [0.4, 0.5) is 5.00 Å². The van der Waals surface area contributed by atoms with Crippen LogP contribution < -0.4 is 5.32 Å². The number of carboxylic acid groups (broad SMARTS) is 1. The zero-order valence-electron chi connectivity index (χ0n) is 15.7. The largest absolute Gasteiger partial charge is 0.478 e. The van der Waals surface area contributed by atoms with E-state index < -0.39 is 5.97 Å². The lowest BCUT2D eigenvalue weighted by atomic mass is 10.0. The zero-order valence-corrected chi connectivity index (χ0v) is 16.6. The van der Waals surface area contributed by atoms with Crippen LogP contribution in [0.5, 0.6) is 0 Å². The SMILES string of the molecule is CC(C)c1ccc(/C=C/C(=O)Nc2sc3c(c2C(=O)O)CCCCC3)cc1. The molecule has 1 aromatic heterocycles. The van der Waals surface area contributed by atoms with E-state index in [1.54, 1.807) is 6.08 Å². The van der Waals surface area contributed by atoms with Crippen molar-refractivity contribution in [2.45, 2.75) is 51.9 Å². The van der Waals surface area contributed by atoms with Crippen LogP contribution in [0.25, 0.3) is 6.08 Å². The predicted molar refractivity (Wildman–Crippen MR) is 111 cm³/mol. The van der Waals surface area contributed by atoms with Crippen LogP contribution >= 0.6 is 11.3 Å². The Hall–Kier alpha value is -2.40. The Morgan fingerprint density at radius 3 is 2.48 bits per heavy atom. The van der Waals surface area contributed by atoms with Crippen LogP contribution in [0.1, 0.15) is 71.0 Å². The molecule has 1 amide bonds. The Bertz CT molecular complexity index is 862. The van der Waals surface area contributed by atoms with E-state index in [-0.39, 0.29) is 11.5 Å². The number of aryl methyl sites for hydroxylation is 1. The van der Waals surface area contributed by atoms with Gasteiger partial charge in [-0.15, -0.1) is 11.3 Å². The number of anilines is 1. The first-order valence-corrected chi connectivity index (χ1v) is 10.2. The standard InChI is InChI=1S/C22H25NO3S/c1-14(2)16-11-8-15(9-12-16)10-13-19(24)23-21-20(22(25)26)17-6-4-3-5-7-18(17)27-21/h8-14H,3-7H2,1-2H3,(H,23,24)(H,25,26)/b13-10+. The van der Waals surface area contributed by atoms with Gasteiger partial charge in [-0.1, -0.05) is 44.5 Å². The summed E-state index contributed by atoms with van der Waals surface area (Å²) in [7, 11) is 0. The Kier molecular flexibility index (Phi) is 6.11. The maximum absolute atomic E-state index is 12.3. The molecule has 0 saturated heterocycles. The summed E-state index contributed by atoms with van der Waals surface area (Å²) in [6, 6.07) is 8.08. The van der Waals surface area contributed by atoms with E-state index in [0.29, 0.717) is 10.9 Å². The van der Waals surface area contributed by atoms with Gasteiger partial charge in [-0.3, -0.25) is 4.79 Å². The molecular weight excluding hydrogens is 358 g/mol. The van der Waals surface area contributed by atoms with Crippen molar-refractivity contribution in [1.82, 2.24) is 0 Å². The number of hydrogen-bond acceptors (Lipinski definition) is 3. The minimum atomic E-state index is -0.960. The van der Waals surface area contributed by atoms with Gasteiger partial charge >= 0.3 is 5.97 Å². The topological polar surface area (TPSA) is 66.4 Å². The lowest BCUT2D eigenvalue weighted by Crippen LogP contribution is -2.11. The second-order valence-electron chi connectivity index (χ2n) is 7.22. The molecule has 0 radical (unpaired) electrons. The van der Waals surface area contributed by atoms with Crippen LogP contribution in [-0.2, 0) is 17.6 Å². The van der Waals surface area contributed by atoms with E-state index in [1.165, 1.54) is 23.0 Å². The van der Waals surface area contributed by atoms with Gasteiger partial charge in [-0.05, 0) is 54.4 Å². The van der Waals surface area contributed by atoms with Crippen molar-refractivity contribution in [3.63, 3.8) is 0 Å². The molecule has 2 aromatic rings. The number of benzene rings is 1. The van der Waals surface area contributed by atoms with Gasteiger partial charge in [-0.25, -0.2) is 4.79 Å². The molecule has 0 atom stereocenters. The lowest BCUT2D eigenvalue weighted by Gasteiger charge is -2.05. The highest BCUT2D eigenvalue weighted by Gasteiger charge is 2.24. The van der Waals surface area contributed by atoms with E-state index >= 15 is 0 Å². The molecule has 2 N–H and O–H groups in total. The van der Waals surface area contributed by atoms with E-state index in [0.717, 1.165) is 48.1 Å². The Morgan fingerprint density at radius 1 is 1.11 bits per heavy atom. The molecule has 1 aromatic carbocycles. The van der Waals surface area contributed by atoms with Gasteiger partial charge in [0, 0.05) is 11.0 Å². The first kappa shape index (κ1) is 19.4. The van der Waals surface area contributed by atoms with E-state index in [1.807, 2.05) is 12.1 Å². The summed E-state index contributed by atoms with van der Waals surface area (Å²) in [5.74, 6) is -0.797. The van der Waals surface area contributed by atoms with Gasteiger partial charge < -0.3 is 10.4 Å². The first-order valence-electron chi connectivity index (χ1n) is 9.42. The van der Waals surface area contributed by atoms with Gasteiger partial charge in [0.25, 0.3) is 0 Å². The summed E-state index contributed by atoms with van der Waals surface area (Å²) >= 11 is 1.41. The number of amides is 1. The van der Waals surface area contributed by atoms with E-state index in [9.17, 15) is 14.7 Å². The molecule has 4 nitrogen and oxygen atoms in total. The van der Waals surface area contributed by atoms with Crippen molar-refractivity contribution < 1.29 is 14.7 Å². The van der Waals surface area contributed by atoms with Crippen molar-refractivity contribution in [3.05, 3.63) is 57.5 Å². The molecule has 0 aliphatic heterocycles. The highest BCUT2D eigenvalue weighted by molar-refractivity contribution is 7.17. The molecule has 3 rings (SSSR count). The third kappa shape index (κ3) is 4.66. The maximum atomic E-state index is 12.3. The number of carbonyl (C=O) groups is 2. The van der Waals surface area contributed by atoms with Crippen LogP contribution in [0.3, 0.4) is 0 Å². The van der Waals surface area contributed by atoms with Crippen LogP contribution in [0, 0.1) is 0 Å². The van der Waals surface area contributed by atoms with Gasteiger partial charge in [0.05, 0.1) is 5.56 Å². The van der Waals surface area contributed by atoms with Crippen molar-refractivity contribution >= 4 is 34.3 Å². The van der Waals surface area contributed by atoms with Crippen molar-refractivity contribution in [2.75, 3.05) is 5.32 Å². The number of hydrogen-bond donors (Lipinski definition) is 2. The normalized spacial score (nSPS) is 14.2. The summed E-state index contributed by atoms with van der Waals surface area (Å²) in [5.41, 5.74) is 3.38. The fourth-order valence-corrected chi connectivity index (χ4v) is 4.66. The summed E-state index contributed by atoms with van der Waals surface area (Å²) in [5, 5.41) is 12.9.